The van der Waals surface area contributed by atoms with Gasteiger partial charge in [0, 0.05) is 12.6 Å². The third kappa shape index (κ3) is 2.44. The summed E-state index contributed by atoms with van der Waals surface area (Å²) in [5.41, 5.74) is -0.335. The van der Waals surface area contributed by atoms with Crippen molar-refractivity contribution in [3.63, 3.8) is 0 Å². The molecule has 1 heterocycles. The zero-order chi connectivity index (χ0) is 12.3. The van der Waals surface area contributed by atoms with Crippen molar-refractivity contribution in [3.05, 3.63) is 0 Å². The summed E-state index contributed by atoms with van der Waals surface area (Å²) in [6.07, 6.45) is 5.53. The number of rotatable bonds is 5. The first-order valence-corrected chi connectivity index (χ1v) is 6.66. The van der Waals surface area contributed by atoms with E-state index in [-0.39, 0.29) is 11.4 Å². The van der Waals surface area contributed by atoms with Gasteiger partial charge in [0.1, 0.15) is 0 Å². The minimum atomic E-state index is -0.335. The molecule has 1 aliphatic heterocycles. The average Bonchev–Trinajstić information content (AvgIpc) is 3.07. The zero-order valence-electron chi connectivity index (χ0n) is 10.5. The Labute approximate surface area is 103 Å². The monoisotopic (exact) mass is 235 g/mol. The molecule has 1 N–H and O–H groups in total. The molecular formula is C13H21N3O. The first kappa shape index (κ1) is 12.4. The van der Waals surface area contributed by atoms with Gasteiger partial charge in [0.05, 0.1) is 18.0 Å². The predicted molar refractivity (Wildman–Crippen MR) is 65.2 cm³/mol. The van der Waals surface area contributed by atoms with Crippen LogP contribution in [0.4, 0.5) is 0 Å². The minimum Gasteiger partial charge on any atom is -0.337 e. The van der Waals surface area contributed by atoms with Crippen molar-refractivity contribution in [1.29, 1.82) is 5.26 Å². The van der Waals surface area contributed by atoms with Crippen LogP contribution in [0.2, 0.25) is 0 Å². The number of carbonyl (C=O) groups is 1. The van der Waals surface area contributed by atoms with E-state index in [2.05, 4.69) is 18.3 Å². The van der Waals surface area contributed by atoms with Crippen LogP contribution in [0, 0.1) is 11.3 Å². The Morgan fingerprint density at radius 3 is 2.82 bits per heavy atom. The highest BCUT2D eigenvalue weighted by Crippen LogP contribution is 2.32. The van der Waals surface area contributed by atoms with Crippen molar-refractivity contribution < 1.29 is 4.79 Å². The second-order valence-corrected chi connectivity index (χ2v) is 5.10. The fourth-order valence-electron chi connectivity index (χ4n) is 2.72. The van der Waals surface area contributed by atoms with Crippen molar-refractivity contribution >= 4 is 5.91 Å². The fourth-order valence-corrected chi connectivity index (χ4v) is 2.72. The smallest absolute Gasteiger partial charge is 0.243 e. The van der Waals surface area contributed by atoms with Crippen molar-refractivity contribution in [1.82, 2.24) is 10.2 Å². The molecule has 1 atom stereocenters. The Kier molecular flexibility index (Phi) is 3.68. The molecule has 0 radical (unpaired) electrons. The quantitative estimate of drug-likeness (QED) is 0.784. The van der Waals surface area contributed by atoms with E-state index in [4.69, 9.17) is 5.26 Å². The molecule has 0 aromatic heterocycles. The maximum absolute atomic E-state index is 12.6. The molecular weight excluding hydrogens is 214 g/mol. The van der Waals surface area contributed by atoms with Crippen LogP contribution >= 0.6 is 0 Å². The van der Waals surface area contributed by atoms with Crippen LogP contribution in [0.1, 0.15) is 45.4 Å². The van der Waals surface area contributed by atoms with Crippen LogP contribution in [0.5, 0.6) is 0 Å². The van der Waals surface area contributed by atoms with Gasteiger partial charge in [-0.15, -0.1) is 0 Å². The lowest BCUT2D eigenvalue weighted by molar-refractivity contribution is -0.138. The van der Waals surface area contributed by atoms with Gasteiger partial charge in [0.25, 0.3) is 0 Å². The molecule has 2 rings (SSSR count). The second kappa shape index (κ2) is 5.05. The van der Waals surface area contributed by atoms with Gasteiger partial charge < -0.3 is 10.2 Å². The molecule has 2 fully saturated rings. The Balaban J connectivity index is 2.06. The molecule has 0 aromatic rings. The first-order chi connectivity index (χ1) is 8.23. The molecule has 1 unspecified atom stereocenters. The summed E-state index contributed by atoms with van der Waals surface area (Å²) in [6.45, 7) is 3.62. The Hall–Kier alpha value is -1.08. The van der Waals surface area contributed by atoms with E-state index >= 15 is 0 Å². The number of carbonyl (C=O) groups excluding carboxylic acids is 1. The van der Waals surface area contributed by atoms with E-state index in [1.807, 2.05) is 4.90 Å². The first-order valence-electron chi connectivity index (χ1n) is 6.66. The SMILES string of the molecule is CCC1(C(=O)N(CCC#N)C2CC2)CCCN1. The van der Waals surface area contributed by atoms with E-state index in [1.54, 1.807) is 0 Å². The highest BCUT2D eigenvalue weighted by atomic mass is 16.2. The number of hydrogen-bond donors (Lipinski definition) is 1. The molecule has 94 valence electrons. The highest BCUT2D eigenvalue weighted by molar-refractivity contribution is 5.87. The zero-order valence-corrected chi connectivity index (χ0v) is 10.5. The van der Waals surface area contributed by atoms with Crippen LogP contribution in [-0.2, 0) is 4.79 Å². The van der Waals surface area contributed by atoms with Crippen LogP contribution in [0.25, 0.3) is 0 Å². The summed E-state index contributed by atoms with van der Waals surface area (Å²) in [6, 6.07) is 2.55. The largest absolute Gasteiger partial charge is 0.337 e. The van der Waals surface area contributed by atoms with Gasteiger partial charge in [0.2, 0.25) is 5.91 Å². The van der Waals surface area contributed by atoms with E-state index in [0.29, 0.717) is 19.0 Å². The molecule has 1 aliphatic carbocycles. The topological polar surface area (TPSA) is 56.1 Å². The van der Waals surface area contributed by atoms with Crippen molar-refractivity contribution in [3.8, 4) is 6.07 Å². The minimum absolute atomic E-state index is 0.232. The van der Waals surface area contributed by atoms with Crippen molar-refractivity contribution in [2.24, 2.45) is 0 Å². The van der Waals surface area contributed by atoms with E-state index in [1.165, 1.54) is 0 Å². The third-order valence-electron chi connectivity index (χ3n) is 3.97. The van der Waals surface area contributed by atoms with Gasteiger partial charge in [0.15, 0.2) is 0 Å². The molecule has 17 heavy (non-hydrogen) atoms. The molecule has 0 spiro atoms. The molecule has 0 bridgehead atoms. The number of nitrogens with zero attached hydrogens (tertiary/aromatic N) is 2. The molecule has 1 saturated heterocycles. The van der Waals surface area contributed by atoms with Crippen LogP contribution < -0.4 is 5.32 Å². The Bertz CT molecular complexity index is 324. The maximum Gasteiger partial charge on any atom is 0.243 e. The number of amides is 1. The van der Waals surface area contributed by atoms with Gasteiger partial charge in [-0.3, -0.25) is 4.79 Å². The van der Waals surface area contributed by atoms with Gasteiger partial charge in [-0.25, -0.2) is 0 Å². The van der Waals surface area contributed by atoms with E-state index < -0.39 is 0 Å². The Morgan fingerprint density at radius 1 is 1.59 bits per heavy atom. The molecule has 2 aliphatic rings. The molecule has 1 amide bonds. The number of nitrogens with one attached hydrogen (secondary N) is 1. The normalized spacial score (nSPS) is 27.8. The highest BCUT2D eigenvalue weighted by Gasteiger charge is 2.45. The summed E-state index contributed by atoms with van der Waals surface area (Å²) in [5, 5.41) is 12.1. The molecule has 1 saturated carbocycles. The number of hydrogen-bond acceptors (Lipinski definition) is 3. The molecule has 4 heteroatoms. The van der Waals surface area contributed by atoms with E-state index in [0.717, 1.165) is 38.6 Å². The molecule has 4 nitrogen and oxygen atoms in total. The third-order valence-corrected chi connectivity index (χ3v) is 3.97. The van der Waals surface area contributed by atoms with Crippen molar-refractivity contribution in [2.45, 2.75) is 57.0 Å². The maximum atomic E-state index is 12.6. The lowest BCUT2D eigenvalue weighted by atomic mass is 9.92. The van der Waals surface area contributed by atoms with E-state index in [9.17, 15) is 4.79 Å². The number of nitriles is 1. The standard InChI is InChI=1S/C13H21N3O/c1-2-13(7-3-9-15-13)12(17)16(10-4-8-14)11-5-6-11/h11,15H,2-7,9-10H2,1H3. The summed E-state index contributed by atoms with van der Waals surface area (Å²) in [5.74, 6) is 0.232. The summed E-state index contributed by atoms with van der Waals surface area (Å²) < 4.78 is 0. The van der Waals surface area contributed by atoms with Crippen LogP contribution in [0.3, 0.4) is 0 Å². The summed E-state index contributed by atoms with van der Waals surface area (Å²) in [4.78, 5) is 14.6. The fraction of sp³-hybridized carbons (Fsp3) is 0.846. The molecule has 0 aromatic carbocycles. The summed E-state index contributed by atoms with van der Waals surface area (Å²) in [7, 11) is 0. The van der Waals surface area contributed by atoms with Gasteiger partial charge in [-0.2, -0.15) is 5.26 Å². The lowest BCUT2D eigenvalue weighted by Gasteiger charge is -2.33. The predicted octanol–water partition coefficient (Wildman–Crippen LogP) is 1.42. The Morgan fingerprint density at radius 2 is 2.35 bits per heavy atom. The van der Waals surface area contributed by atoms with Crippen LogP contribution in [-0.4, -0.2) is 35.5 Å². The van der Waals surface area contributed by atoms with Gasteiger partial charge >= 0.3 is 0 Å². The summed E-state index contributed by atoms with van der Waals surface area (Å²) >= 11 is 0. The van der Waals surface area contributed by atoms with Crippen molar-refractivity contribution in [2.75, 3.05) is 13.1 Å². The van der Waals surface area contributed by atoms with Crippen LogP contribution in [0.15, 0.2) is 0 Å². The second-order valence-electron chi connectivity index (χ2n) is 5.10. The average molecular weight is 235 g/mol. The van der Waals surface area contributed by atoms with Gasteiger partial charge in [-0.1, -0.05) is 6.92 Å². The van der Waals surface area contributed by atoms with Gasteiger partial charge in [-0.05, 0) is 38.6 Å². The lowest BCUT2D eigenvalue weighted by Crippen LogP contribution is -2.55.